The number of nitrogens with zero attached hydrogens (tertiary/aromatic N) is 4. The summed E-state index contributed by atoms with van der Waals surface area (Å²) in [5, 5.41) is 11.1. The van der Waals surface area contributed by atoms with E-state index in [1.807, 2.05) is 49.0 Å². The molecular formula is C22H29IN6O. The fourth-order valence-corrected chi connectivity index (χ4v) is 3.03. The van der Waals surface area contributed by atoms with E-state index in [-0.39, 0.29) is 24.0 Å². The van der Waals surface area contributed by atoms with Crippen molar-refractivity contribution in [2.75, 3.05) is 20.7 Å². The van der Waals surface area contributed by atoms with Crippen LogP contribution in [0.5, 0.6) is 5.75 Å². The van der Waals surface area contributed by atoms with Gasteiger partial charge in [0.25, 0.3) is 0 Å². The van der Waals surface area contributed by atoms with Gasteiger partial charge in [0.1, 0.15) is 5.75 Å². The third-order valence-corrected chi connectivity index (χ3v) is 4.58. The Morgan fingerprint density at radius 1 is 1.07 bits per heavy atom. The normalized spacial score (nSPS) is 11.0. The monoisotopic (exact) mass is 520 g/mol. The van der Waals surface area contributed by atoms with E-state index >= 15 is 0 Å². The summed E-state index contributed by atoms with van der Waals surface area (Å²) in [4.78, 5) is 8.81. The number of aliphatic imine (C=N–C) groups is 1. The predicted octanol–water partition coefficient (Wildman–Crippen LogP) is 3.42. The highest BCUT2D eigenvalue weighted by Gasteiger charge is 2.05. The van der Waals surface area contributed by atoms with E-state index in [9.17, 15) is 0 Å². The van der Waals surface area contributed by atoms with Crippen molar-refractivity contribution >= 4 is 29.9 Å². The maximum atomic E-state index is 5.19. The minimum absolute atomic E-state index is 0. The van der Waals surface area contributed by atoms with E-state index in [0.29, 0.717) is 6.54 Å². The van der Waals surface area contributed by atoms with Crippen LogP contribution < -0.4 is 15.4 Å². The van der Waals surface area contributed by atoms with Crippen LogP contribution in [0.1, 0.15) is 22.5 Å². The lowest BCUT2D eigenvalue weighted by molar-refractivity contribution is 0.414. The molecule has 7 nitrogen and oxygen atoms in total. The number of rotatable bonds is 7. The minimum Gasteiger partial charge on any atom is -0.497 e. The van der Waals surface area contributed by atoms with Gasteiger partial charge in [-0.15, -0.1) is 24.0 Å². The van der Waals surface area contributed by atoms with Crippen LogP contribution in [0.4, 0.5) is 0 Å². The number of ether oxygens (including phenoxy) is 1. The molecule has 0 radical (unpaired) electrons. The van der Waals surface area contributed by atoms with E-state index in [4.69, 9.17) is 4.74 Å². The lowest BCUT2D eigenvalue weighted by Gasteiger charge is -2.12. The molecule has 2 heterocycles. The van der Waals surface area contributed by atoms with Crippen molar-refractivity contribution < 1.29 is 4.74 Å². The first-order valence-corrected chi connectivity index (χ1v) is 9.65. The zero-order chi connectivity index (χ0) is 20.6. The first-order valence-electron chi connectivity index (χ1n) is 9.65. The number of methoxy groups -OCH3 is 1. The van der Waals surface area contributed by atoms with Crippen LogP contribution >= 0.6 is 24.0 Å². The summed E-state index contributed by atoms with van der Waals surface area (Å²) in [5.74, 6) is 2.46. The van der Waals surface area contributed by atoms with Gasteiger partial charge in [0, 0.05) is 32.0 Å². The van der Waals surface area contributed by atoms with E-state index in [1.165, 1.54) is 5.56 Å². The van der Waals surface area contributed by atoms with Crippen LogP contribution in [0, 0.1) is 13.8 Å². The molecule has 2 aromatic heterocycles. The molecule has 0 unspecified atom stereocenters. The smallest absolute Gasteiger partial charge is 0.191 e. The first kappa shape index (κ1) is 23.7. The summed E-state index contributed by atoms with van der Waals surface area (Å²) in [6.07, 6.45) is 2.77. The van der Waals surface area contributed by atoms with Crippen LogP contribution in [-0.4, -0.2) is 41.4 Å². The van der Waals surface area contributed by atoms with Crippen LogP contribution in [0.25, 0.3) is 5.82 Å². The Morgan fingerprint density at radius 3 is 2.37 bits per heavy atom. The van der Waals surface area contributed by atoms with Gasteiger partial charge in [-0.05, 0) is 55.7 Å². The highest BCUT2D eigenvalue weighted by atomic mass is 127. The molecule has 1 aromatic carbocycles. The van der Waals surface area contributed by atoms with Crippen molar-refractivity contribution in [2.24, 2.45) is 4.99 Å². The molecule has 0 saturated heterocycles. The molecule has 8 heteroatoms. The average Bonchev–Trinajstić information content (AvgIpc) is 3.09. The summed E-state index contributed by atoms with van der Waals surface area (Å²) in [5.41, 5.74) is 4.38. The Balaban J connectivity index is 0.00000320. The molecule has 0 amide bonds. The largest absolute Gasteiger partial charge is 0.497 e. The van der Waals surface area contributed by atoms with Crippen molar-refractivity contribution in [1.29, 1.82) is 0 Å². The maximum absolute atomic E-state index is 5.19. The molecule has 0 bridgehead atoms. The first-order chi connectivity index (χ1) is 14.1. The lowest BCUT2D eigenvalue weighted by atomic mass is 10.1. The summed E-state index contributed by atoms with van der Waals surface area (Å²) in [7, 11) is 3.45. The molecule has 3 aromatic rings. The van der Waals surface area contributed by atoms with Crippen molar-refractivity contribution in [2.45, 2.75) is 26.8 Å². The van der Waals surface area contributed by atoms with Crippen LogP contribution in [0.3, 0.4) is 0 Å². The van der Waals surface area contributed by atoms with Crippen molar-refractivity contribution in [3.8, 4) is 11.6 Å². The van der Waals surface area contributed by atoms with Gasteiger partial charge >= 0.3 is 0 Å². The minimum atomic E-state index is 0. The quantitative estimate of drug-likeness (QED) is 0.284. The maximum Gasteiger partial charge on any atom is 0.191 e. The molecule has 0 saturated carbocycles. The SMILES string of the molecule is CN=C(NCCc1ccc(OC)cc1)NCc1ccc(-n2nc(C)cc2C)nc1.I. The van der Waals surface area contributed by atoms with Crippen molar-refractivity contribution in [3.05, 3.63) is 71.2 Å². The van der Waals surface area contributed by atoms with E-state index in [0.717, 1.165) is 47.4 Å². The Bertz CT molecular complexity index is 951. The summed E-state index contributed by atoms with van der Waals surface area (Å²) in [6, 6.07) is 14.2. The lowest BCUT2D eigenvalue weighted by Crippen LogP contribution is -2.37. The number of halogens is 1. The number of benzene rings is 1. The fraction of sp³-hybridized carbons (Fsp3) is 0.318. The molecule has 30 heavy (non-hydrogen) atoms. The highest BCUT2D eigenvalue weighted by Crippen LogP contribution is 2.12. The van der Waals surface area contributed by atoms with Crippen molar-refractivity contribution in [1.82, 2.24) is 25.4 Å². The van der Waals surface area contributed by atoms with Gasteiger partial charge in [-0.3, -0.25) is 4.99 Å². The molecule has 0 spiro atoms. The number of aryl methyl sites for hydroxylation is 2. The van der Waals surface area contributed by atoms with Gasteiger partial charge < -0.3 is 15.4 Å². The second kappa shape index (κ2) is 11.5. The van der Waals surface area contributed by atoms with E-state index in [1.54, 1.807) is 14.2 Å². The van der Waals surface area contributed by atoms with Crippen LogP contribution in [0.15, 0.2) is 53.7 Å². The Morgan fingerprint density at radius 2 is 1.80 bits per heavy atom. The second-order valence-corrected chi connectivity index (χ2v) is 6.81. The Labute approximate surface area is 195 Å². The Kier molecular flexibility index (Phi) is 9.10. The number of aromatic nitrogens is 3. The molecule has 0 aliphatic heterocycles. The standard InChI is InChI=1S/C22H28N6O.HI/c1-16-13-17(2)28(27-16)21-10-7-19(14-25-21)15-26-22(23-3)24-12-11-18-5-8-20(29-4)9-6-18;/h5-10,13-14H,11-12,15H2,1-4H3,(H2,23,24,26);1H. The van der Waals surface area contributed by atoms with Gasteiger partial charge in [0.05, 0.1) is 12.8 Å². The number of hydrogen-bond donors (Lipinski definition) is 2. The van der Waals surface area contributed by atoms with E-state index in [2.05, 4.69) is 43.9 Å². The van der Waals surface area contributed by atoms with Crippen LogP contribution in [-0.2, 0) is 13.0 Å². The number of hydrogen-bond acceptors (Lipinski definition) is 4. The molecule has 0 fully saturated rings. The highest BCUT2D eigenvalue weighted by molar-refractivity contribution is 14.0. The summed E-state index contributed by atoms with van der Waals surface area (Å²) in [6.45, 7) is 5.45. The average molecular weight is 520 g/mol. The third-order valence-electron chi connectivity index (χ3n) is 4.58. The Hall–Kier alpha value is -2.62. The zero-order valence-corrected chi connectivity index (χ0v) is 20.2. The van der Waals surface area contributed by atoms with Gasteiger partial charge in [0.15, 0.2) is 11.8 Å². The van der Waals surface area contributed by atoms with Gasteiger partial charge in [-0.25, -0.2) is 9.67 Å². The third kappa shape index (κ3) is 6.45. The predicted molar refractivity (Wildman–Crippen MR) is 131 cm³/mol. The number of pyridine rings is 1. The molecule has 0 aliphatic rings. The van der Waals surface area contributed by atoms with Gasteiger partial charge in [-0.1, -0.05) is 18.2 Å². The fourth-order valence-electron chi connectivity index (χ4n) is 3.03. The van der Waals surface area contributed by atoms with Gasteiger partial charge in [-0.2, -0.15) is 5.10 Å². The molecular weight excluding hydrogens is 491 g/mol. The molecule has 0 aliphatic carbocycles. The molecule has 2 N–H and O–H groups in total. The molecule has 160 valence electrons. The number of guanidine groups is 1. The molecule has 0 atom stereocenters. The second-order valence-electron chi connectivity index (χ2n) is 6.81. The van der Waals surface area contributed by atoms with Crippen LogP contribution in [0.2, 0.25) is 0 Å². The summed E-state index contributed by atoms with van der Waals surface area (Å²) < 4.78 is 7.04. The van der Waals surface area contributed by atoms with Crippen molar-refractivity contribution in [3.63, 3.8) is 0 Å². The van der Waals surface area contributed by atoms with Gasteiger partial charge in [0.2, 0.25) is 0 Å². The number of nitrogens with one attached hydrogen (secondary N) is 2. The zero-order valence-electron chi connectivity index (χ0n) is 17.8. The van der Waals surface area contributed by atoms with E-state index < -0.39 is 0 Å². The molecule has 3 rings (SSSR count). The summed E-state index contributed by atoms with van der Waals surface area (Å²) >= 11 is 0. The topological polar surface area (TPSA) is 76.4 Å².